The van der Waals surface area contributed by atoms with Gasteiger partial charge in [0.2, 0.25) is 5.91 Å². The number of carbonyl (C=O) groups excluding carboxylic acids is 1. The SMILES string of the molecule is CCC(CC)C(C)C(=O)N1CCC[C@H](C(=O)O)[C@@H]1C. The van der Waals surface area contributed by atoms with Crippen LogP contribution in [0.3, 0.4) is 0 Å². The molecule has 0 aromatic rings. The molecule has 0 radical (unpaired) electrons. The molecule has 0 aliphatic carbocycles. The Balaban J connectivity index is 2.77. The lowest BCUT2D eigenvalue weighted by molar-refractivity contribution is -0.151. The van der Waals surface area contributed by atoms with Crippen LogP contribution in [0.25, 0.3) is 0 Å². The maximum atomic E-state index is 12.6. The molecule has 1 heterocycles. The van der Waals surface area contributed by atoms with Crippen molar-refractivity contribution in [1.29, 1.82) is 0 Å². The monoisotopic (exact) mass is 269 g/mol. The van der Waals surface area contributed by atoms with E-state index in [9.17, 15) is 14.7 Å². The molecule has 1 unspecified atom stereocenters. The highest BCUT2D eigenvalue weighted by Crippen LogP contribution is 2.28. The molecule has 0 aromatic heterocycles. The van der Waals surface area contributed by atoms with Gasteiger partial charge in [-0.2, -0.15) is 0 Å². The second-order valence-electron chi connectivity index (χ2n) is 5.72. The maximum absolute atomic E-state index is 12.6. The number of piperidine rings is 1. The van der Waals surface area contributed by atoms with Crippen LogP contribution in [-0.2, 0) is 9.59 Å². The van der Waals surface area contributed by atoms with Crippen molar-refractivity contribution in [3.05, 3.63) is 0 Å². The highest BCUT2D eigenvalue weighted by Gasteiger charge is 2.37. The molecule has 110 valence electrons. The fourth-order valence-corrected chi connectivity index (χ4v) is 3.24. The molecular weight excluding hydrogens is 242 g/mol. The molecule has 4 nitrogen and oxygen atoms in total. The molecule has 1 amide bonds. The van der Waals surface area contributed by atoms with Crippen molar-refractivity contribution in [3.63, 3.8) is 0 Å². The number of nitrogens with zero attached hydrogens (tertiary/aromatic N) is 1. The lowest BCUT2D eigenvalue weighted by atomic mass is 9.85. The van der Waals surface area contributed by atoms with Crippen LogP contribution in [0.15, 0.2) is 0 Å². The minimum absolute atomic E-state index is 0.00926. The number of carboxylic acid groups (broad SMARTS) is 1. The average Bonchev–Trinajstić information content (AvgIpc) is 2.39. The van der Waals surface area contributed by atoms with Crippen LogP contribution in [0.5, 0.6) is 0 Å². The highest BCUT2D eigenvalue weighted by molar-refractivity contribution is 5.80. The Labute approximate surface area is 116 Å². The van der Waals surface area contributed by atoms with Gasteiger partial charge in [0.05, 0.1) is 5.92 Å². The summed E-state index contributed by atoms with van der Waals surface area (Å²) in [5.74, 6) is -0.672. The van der Waals surface area contributed by atoms with E-state index in [4.69, 9.17) is 0 Å². The van der Waals surface area contributed by atoms with E-state index in [0.717, 1.165) is 19.3 Å². The van der Waals surface area contributed by atoms with Gasteiger partial charge in [-0.05, 0) is 25.7 Å². The summed E-state index contributed by atoms with van der Waals surface area (Å²) in [5, 5.41) is 9.21. The normalized spacial score (nSPS) is 25.4. The Morgan fingerprint density at radius 1 is 1.32 bits per heavy atom. The van der Waals surface area contributed by atoms with Crippen LogP contribution in [0.2, 0.25) is 0 Å². The highest BCUT2D eigenvalue weighted by atomic mass is 16.4. The van der Waals surface area contributed by atoms with Crippen LogP contribution in [0.4, 0.5) is 0 Å². The molecule has 0 bridgehead atoms. The van der Waals surface area contributed by atoms with Gasteiger partial charge in [-0.25, -0.2) is 0 Å². The molecular formula is C15H27NO3. The zero-order chi connectivity index (χ0) is 14.6. The van der Waals surface area contributed by atoms with Crippen LogP contribution < -0.4 is 0 Å². The Morgan fingerprint density at radius 3 is 2.37 bits per heavy atom. The largest absolute Gasteiger partial charge is 0.481 e. The smallest absolute Gasteiger partial charge is 0.308 e. The Kier molecular flexibility index (Phi) is 5.83. The summed E-state index contributed by atoms with van der Waals surface area (Å²) in [5.41, 5.74) is 0. The zero-order valence-electron chi connectivity index (χ0n) is 12.6. The minimum Gasteiger partial charge on any atom is -0.481 e. The summed E-state index contributed by atoms with van der Waals surface area (Å²) >= 11 is 0. The third-order valence-corrected chi connectivity index (χ3v) is 4.73. The van der Waals surface area contributed by atoms with Gasteiger partial charge in [0.1, 0.15) is 0 Å². The molecule has 0 spiro atoms. The Hall–Kier alpha value is -1.06. The molecule has 0 saturated carbocycles. The van der Waals surface area contributed by atoms with Gasteiger partial charge in [-0.1, -0.05) is 33.6 Å². The summed E-state index contributed by atoms with van der Waals surface area (Å²) in [6.45, 7) is 8.77. The lowest BCUT2D eigenvalue weighted by Crippen LogP contribution is -2.51. The first-order chi connectivity index (χ1) is 8.93. The molecule has 1 saturated heterocycles. The van der Waals surface area contributed by atoms with Crippen molar-refractivity contribution in [2.75, 3.05) is 6.54 Å². The van der Waals surface area contributed by atoms with Crippen molar-refractivity contribution < 1.29 is 14.7 Å². The number of hydrogen-bond acceptors (Lipinski definition) is 2. The third-order valence-electron chi connectivity index (χ3n) is 4.73. The fourth-order valence-electron chi connectivity index (χ4n) is 3.24. The Morgan fingerprint density at radius 2 is 1.89 bits per heavy atom. The minimum atomic E-state index is -0.778. The van der Waals surface area contributed by atoms with E-state index in [0.29, 0.717) is 18.9 Å². The number of amides is 1. The predicted octanol–water partition coefficient (Wildman–Crippen LogP) is 2.77. The van der Waals surface area contributed by atoms with Gasteiger partial charge in [0.25, 0.3) is 0 Å². The fraction of sp³-hybridized carbons (Fsp3) is 0.867. The van der Waals surface area contributed by atoms with E-state index in [1.165, 1.54) is 0 Å². The zero-order valence-corrected chi connectivity index (χ0v) is 12.6. The first-order valence-corrected chi connectivity index (χ1v) is 7.47. The second kappa shape index (κ2) is 6.92. The van der Waals surface area contributed by atoms with E-state index in [1.54, 1.807) is 4.90 Å². The summed E-state index contributed by atoms with van der Waals surface area (Å²) < 4.78 is 0. The first-order valence-electron chi connectivity index (χ1n) is 7.47. The molecule has 1 aliphatic heterocycles. The maximum Gasteiger partial charge on any atom is 0.308 e. The van der Waals surface area contributed by atoms with Crippen molar-refractivity contribution in [2.24, 2.45) is 17.8 Å². The van der Waals surface area contributed by atoms with E-state index in [1.807, 2.05) is 13.8 Å². The van der Waals surface area contributed by atoms with Gasteiger partial charge in [0.15, 0.2) is 0 Å². The molecule has 1 N–H and O–H groups in total. The second-order valence-corrected chi connectivity index (χ2v) is 5.72. The van der Waals surface area contributed by atoms with Crippen molar-refractivity contribution in [1.82, 2.24) is 4.90 Å². The standard InChI is InChI=1S/C15H27NO3/c1-5-12(6-2)10(3)14(17)16-9-7-8-13(11(16)4)15(18)19/h10-13H,5-9H2,1-4H3,(H,18,19)/t10?,11-,13-/m0/s1. The summed E-state index contributed by atoms with van der Waals surface area (Å²) in [4.78, 5) is 25.6. The van der Waals surface area contributed by atoms with Gasteiger partial charge in [-0.15, -0.1) is 0 Å². The number of carboxylic acids is 1. The van der Waals surface area contributed by atoms with Crippen molar-refractivity contribution in [2.45, 2.75) is 59.4 Å². The van der Waals surface area contributed by atoms with E-state index >= 15 is 0 Å². The number of carbonyl (C=O) groups is 2. The van der Waals surface area contributed by atoms with E-state index in [2.05, 4.69) is 13.8 Å². The van der Waals surface area contributed by atoms with Crippen LogP contribution in [0.1, 0.15) is 53.4 Å². The number of hydrogen-bond donors (Lipinski definition) is 1. The van der Waals surface area contributed by atoms with Crippen LogP contribution in [0, 0.1) is 17.8 Å². The van der Waals surface area contributed by atoms with Gasteiger partial charge in [-0.3, -0.25) is 9.59 Å². The van der Waals surface area contributed by atoms with Crippen LogP contribution in [-0.4, -0.2) is 34.5 Å². The molecule has 19 heavy (non-hydrogen) atoms. The van der Waals surface area contributed by atoms with Crippen LogP contribution >= 0.6 is 0 Å². The molecule has 3 atom stereocenters. The summed E-state index contributed by atoms with van der Waals surface area (Å²) in [6, 6.07) is -0.185. The number of rotatable bonds is 5. The molecule has 4 heteroatoms. The summed E-state index contributed by atoms with van der Waals surface area (Å²) in [7, 11) is 0. The predicted molar refractivity (Wildman–Crippen MR) is 74.8 cm³/mol. The quantitative estimate of drug-likeness (QED) is 0.835. The van der Waals surface area contributed by atoms with Gasteiger partial charge in [0, 0.05) is 18.5 Å². The van der Waals surface area contributed by atoms with E-state index < -0.39 is 11.9 Å². The topological polar surface area (TPSA) is 57.6 Å². The van der Waals surface area contributed by atoms with Crippen molar-refractivity contribution >= 4 is 11.9 Å². The third kappa shape index (κ3) is 3.48. The molecule has 0 aromatic carbocycles. The number of likely N-dealkylation sites (tertiary alicyclic amines) is 1. The first kappa shape index (κ1) is 16.0. The number of aliphatic carboxylic acids is 1. The van der Waals surface area contributed by atoms with E-state index in [-0.39, 0.29) is 17.9 Å². The van der Waals surface area contributed by atoms with Gasteiger partial charge < -0.3 is 10.0 Å². The molecule has 1 aliphatic rings. The Bertz CT molecular complexity index is 325. The molecule has 1 rings (SSSR count). The molecule has 1 fully saturated rings. The van der Waals surface area contributed by atoms with Crippen molar-refractivity contribution in [3.8, 4) is 0 Å². The van der Waals surface area contributed by atoms with Gasteiger partial charge >= 0.3 is 5.97 Å². The lowest BCUT2D eigenvalue weighted by Gasteiger charge is -2.40. The summed E-state index contributed by atoms with van der Waals surface area (Å²) in [6.07, 6.45) is 3.46. The average molecular weight is 269 g/mol.